The van der Waals surface area contributed by atoms with E-state index in [4.69, 9.17) is 27.7 Å². The first-order valence-corrected chi connectivity index (χ1v) is 9.23. The molecule has 0 radical (unpaired) electrons. The first-order chi connectivity index (χ1) is 14.7. The minimum atomic E-state index is -4.89. The Morgan fingerprint density at radius 1 is 1.10 bits per heavy atom. The molecule has 2 heterocycles. The zero-order chi connectivity index (χ0) is 22.3. The van der Waals surface area contributed by atoms with Gasteiger partial charge < -0.3 is 4.52 Å². The van der Waals surface area contributed by atoms with E-state index in [1.54, 1.807) is 6.07 Å². The van der Waals surface area contributed by atoms with E-state index in [1.165, 1.54) is 36.4 Å². The second-order valence-corrected chi connectivity index (χ2v) is 7.08. The molecule has 31 heavy (non-hydrogen) atoms. The molecule has 0 N–H and O–H groups in total. The molecule has 0 atom stereocenters. The Kier molecular flexibility index (Phi) is 5.21. The van der Waals surface area contributed by atoms with Gasteiger partial charge >= 0.3 is 6.18 Å². The largest absolute Gasteiger partial charge is 0.434 e. The summed E-state index contributed by atoms with van der Waals surface area (Å²) >= 11 is 11.9. The molecule has 0 saturated carbocycles. The fourth-order valence-electron chi connectivity index (χ4n) is 3.06. The number of nitriles is 1. The van der Waals surface area contributed by atoms with E-state index < -0.39 is 34.6 Å². The molecule has 2 aromatic heterocycles. The molecule has 0 aliphatic carbocycles. The molecule has 0 aliphatic rings. The number of benzene rings is 2. The van der Waals surface area contributed by atoms with Gasteiger partial charge in [0.2, 0.25) is 0 Å². The van der Waals surface area contributed by atoms with Crippen LogP contribution in [0.2, 0.25) is 10.0 Å². The normalized spacial score (nSPS) is 11.5. The van der Waals surface area contributed by atoms with Gasteiger partial charge in [-0.2, -0.15) is 23.5 Å². The van der Waals surface area contributed by atoms with Crippen LogP contribution >= 0.6 is 23.2 Å². The molecule has 0 aliphatic heterocycles. The number of aromatic nitrogens is 3. The van der Waals surface area contributed by atoms with Crippen molar-refractivity contribution < 1.29 is 22.1 Å². The van der Waals surface area contributed by atoms with Crippen molar-refractivity contribution in [2.24, 2.45) is 0 Å². The SMILES string of the molecule is N#Cc1c(-c2c(F)cccc2Cl)noc1-c1cnn(-c2cccc(Cl)c2)c1C(F)(F)F. The highest BCUT2D eigenvalue weighted by Gasteiger charge is 2.41. The lowest BCUT2D eigenvalue weighted by molar-refractivity contribution is -0.142. The molecule has 0 amide bonds. The van der Waals surface area contributed by atoms with Crippen LogP contribution in [0.4, 0.5) is 17.6 Å². The molecule has 5 nitrogen and oxygen atoms in total. The van der Waals surface area contributed by atoms with E-state index in [0.29, 0.717) is 4.68 Å². The van der Waals surface area contributed by atoms with Crippen LogP contribution in [0.25, 0.3) is 28.3 Å². The molecule has 0 fully saturated rings. The van der Waals surface area contributed by atoms with Crippen LogP contribution < -0.4 is 0 Å². The van der Waals surface area contributed by atoms with E-state index in [0.717, 1.165) is 12.3 Å². The smallest absolute Gasteiger partial charge is 0.354 e. The van der Waals surface area contributed by atoms with Gasteiger partial charge in [0.1, 0.15) is 23.1 Å². The molecule has 4 rings (SSSR count). The number of alkyl halides is 3. The zero-order valence-electron chi connectivity index (χ0n) is 15.1. The Bertz CT molecular complexity index is 1320. The summed E-state index contributed by atoms with van der Waals surface area (Å²) in [5.74, 6) is -1.33. The summed E-state index contributed by atoms with van der Waals surface area (Å²) in [4.78, 5) is 0. The summed E-state index contributed by atoms with van der Waals surface area (Å²) in [7, 11) is 0. The van der Waals surface area contributed by atoms with Crippen LogP contribution in [-0.4, -0.2) is 14.9 Å². The molecule has 156 valence electrons. The summed E-state index contributed by atoms with van der Waals surface area (Å²) in [5.41, 5.74) is -2.70. The first-order valence-electron chi connectivity index (χ1n) is 8.48. The van der Waals surface area contributed by atoms with Gasteiger partial charge in [0.25, 0.3) is 0 Å². The third-order valence-corrected chi connectivity index (χ3v) is 4.89. The molecule has 0 saturated heterocycles. The standard InChI is InChI=1S/C20H8Cl2F4N4O/c21-10-3-1-4-11(7-10)30-19(20(24,25)26)13(9-28-30)18-12(8-27)17(29-31-18)16-14(22)5-2-6-15(16)23/h1-7,9H. The third-order valence-electron chi connectivity index (χ3n) is 4.34. The van der Waals surface area contributed by atoms with Gasteiger partial charge in [-0.1, -0.05) is 40.5 Å². The van der Waals surface area contributed by atoms with Gasteiger partial charge in [-0.3, -0.25) is 0 Å². The quantitative estimate of drug-likeness (QED) is 0.322. The minimum Gasteiger partial charge on any atom is -0.354 e. The predicted octanol–water partition coefficient (Wildman–Crippen LogP) is 6.53. The first kappa shape index (κ1) is 20.9. The van der Waals surface area contributed by atoms with Crippen molar-refractivity contribution in [1.82, 2.24) is 14.9 Å². The summed E-state index contributed by atoms with van der Waals surface area (Å²) in [5, 5.41) is 17.2. The number of hydrogen-bond acceptors (Lipinski definition) is 4. The number of rotatable bonds is 3. The maximum absolute atomic E-state index is 14.3. The van der Waals surface area contributed by atoms with Crippen molar-refractivity contribution in [2.75, 3.05) is 0 Å². The maximum atomic E-state index is 14.3. The topological polar surface area (TPSA) is 67.6 Å². The highest BCUT2D eigenvalue weighted by molar-refractivity contribution is 6.33. The number of nitrogens with zero attached hydrogens (tertiary/aromatic N) is 4. The van der Waals surface area contributed by atoms with Crippen molar-refractivity contribution in [2.45, 2.75) is 6.18 Å². The Labute approximate surface area is 182 Å². The average Bonchev–Trinajstić information content (AvgIpc) is 3.31. The lowest BCUT2D eigenvalue weighted by atomic mass is 10.0. The lowest BCUT2D eigenvalue weighted by Crippen LogP contribution is -2.14. The Morgan fingerprint density at radius 2 is 1.84 bits per heavy atom. The van der Waals surface area contributed by atoms with Crippen LogP contribution in [0.5, 0.6) is 0 Å². The van der Waals surface area contributed by atoms with Crippen LogP contribution in [0.1, 0.15) is 11.3 Å². The highest BCUT2D eigenvalue weighted by Crippen LogP contribution is 2.42. The van der Waals surface area contributed by atoms with E-state index >= 15 is 0 Å². The van der Waals surface area contributed by atoms with Crippen LogP contribution in [0.3, 0.4) is 0 Å². The third kappa shape index (κ3) is 3.65. The van der Waals surface area contributed by atoms with Gasteiger partial charge in [-0.25, -0.2) is 9.07 Å². The Balaban J connectivity index is 1.97. The summed E-state index contributed by atoms with van der Waals surface area (Å²) in [6, 6.07) is 11.1. The van der Waals surface area contributed by atoms with Crippen molar-refractivity contribution in [3.8, 4) is 34.3 Å². The highest BCUT2D eigenvalue weighted by atomic mass is 35.5. The number of hydrogen-bond donors (Lipinski definition) is 0. The summed E-state index contributed by atoms with van der Waals surface area (Å²) < 4.78 is 62.0. The lowest BCUT2D eigenvalue weighted by Gasteiger charge is -2.12. The molecule has 2 aromatic carbocycles. The van der Waals surface area contributed by atoms with Gasteiger partial charge in [0.15, 0.2) is 11.5 Å². The van der Waals surface area contributed by atoms with E-state index in [9.17, 15) is 22.8 Å². The van der Waals surface area contributed by atoms with E-state index in [1.807, 2.05) is 0 Å². The van der Waals surface area contributed by atoms with Crippen LogP contribution in [-0.2, 0) is 6.18 Å². The van der Waals surface area contributed by atoms with Crippen molar-refractivity contribution in [3.63, 3.8) is 0 Å². The molecule has 4 aromatic rings. The van der Waals surface area contributed by atoms with Gasteiger partial charge in [0.05, 0.1) is 28.0 Å². The van der Waals surface area contributed by atoms with Crippen molar-refractivity contribution in [3.05, 3.63) is 75.8 Å². The predicted molar refractivity (Wildman–Crippen MR) is 104 cm³/mol. The molecular formula is C20H8Cl2F4N4O. The van der Waals surface area contributed by atoms with Gasteiger partial charge in [-0.05, 0) is 30.3 Å². The molecular weight excluding hydrogens is 459 g/mol. The molecule has 0 spiro atoms. The fourth-order valence-corrected chi connectivity index (χ4v) is 3.50. The van der Waals surface area contributed by atoms with Crippen LogP contribution in [0.15, 0.2) is 53.2 Å². The monoisotopic (exact) mass is 466 g/mol. The second kappa shape index (κ2) is 7.72. The number of halogens is 6. The van der Waals surface area contributed by atoms with E-state index in [2.05, 4.69) is 10.3 Å². The van der Waals surface area contributed by atoms with E-state index in [-0.39, 0.29) is 27.0 Å². The van der Waals surface area contributed by atoms with Crippen molar-refractivity contribution >= 4 is 23.2 Å². The van der Waals surface area contributed by atoms with Gasteiger partial charge in [-0.15, -0.1) is 0 Å². The average molecular weight is 467 g/mol. The summed E-state index contributed by atoms with van der Waals surface area (Å²) in [6.07, 6.45) is -4.00. The molecule has 0 unspecified atom stereocenters. The second-order valence-electron chi connectivity index (χ2n) is 6.24. The minimum absolute atomic E-state index is 0.0430. The van der Waals surface area contributed by atoms with Gasteiger partial charge in [0, 0.05) is 5.02 Å². The zero-order valence-corrected chi connectivity index (χ0v) is 16.6. The molecule has 0 bridgehead atoms. The Hall–Kier alpha value is -3.35. The Morgan fingerprint density at radius 3 is 2.48 bits per heavy atom. The van der Waals surface area contributed by atoms with Crippen LogP contribution in [0, 0.1) is 17.1 Å². The maximum Gasteiger partial charge on any atom is 0.434 e. The van der Waals surface area contributed by atoms with Crippen molar-refractivity contribution in [1.29, 1.82) is 5.26 Å². The molecule has 11 heteroatoms. The summed E-state index contributed by atoms with van der Waals surface area (Å²) in [6.45, 7) is 0. The fraction of sp³-hybridized carbons (Fsp3) is 0.0500.